The van der Waals surface area contributed by atoms with Gasteiger partial charge in [-0.2, -0.15) is 0 Å². The molecule has 1 aliphatic heterocycles. The molecule has 148 valence electrons. The third kappa shape index (κ3) is 6.59. The van der Waals surface area contributed by atoms with E-state index >= 15 is 0 Å². The fourth-order valence-corrected chi connectivity index (χ4v) is 3.20. The molecule has 3 heteroatoms. The van der Waals surface area contributed by atoms with Crippen molar-refractivity contribution in [1.82, 2.24) is 0 Å². The first-order valence-corrected chi connectivity index (χ1v) is 9.76. The summed E-state index contributed by atoms with van der Waals surface area (Å²) in [6.45, 7) is 11.0. The number of fused-ring (bicyclic) bond motifs is 1. The van der Waals surface area contributed by atoms with Crippen LogP contribution in [0.4, 0.5) is 0 Å². The summed E-state index contributed by atoms with van der Waals surface area (Å²) in [5, 5.41) is 0. The van der Waals surface area contributed by atoms with Gasteiger partial charge in [-0.1, -0.05) is 23.3 Å². The van der Waals surface area contributed by atoms with E-state index in [1.54, 1.807) is 7.11 Å². The highest BCUT2D eigenvalue weighted by atomic mass is 16.7. The van der Waals surface area contributed by atoms with Crippen molar-refractivity contribution in [3.63, 3.8) is 0 Å². The van der Waals surface area contributed by atoms with Crippen molar-refractivity contribution >= 4 is 6.08 Å². The van der Waals surface area contributed by atoms with Crippen molar-refractivity contribution in [2.45, 2.75) is 65.9 Å². The van der Waals surface area contributed by atoms with Crippen molar-refractivity contribution < 1.29 is 14.2 Å². The lowest BCUT2D eigenvalue weighted by Crippen LogP contribution is -2.31. The third-order valence-corrected chi connectivity index (χ3v) is 4.75. The quantitative estimate of drug-likeness (QED) is 0.361. The molecule has 0 unspecified atom stereocenters. The zero-order chi connectivity index (χ0) is 19.9. The predicted molar refractivity (Wildman–Crippen MR) is 113 cm³/mol. The van der Waals surface area contributed by atoms with E-state index in [1.165, 1.54) is 11.1 Å². The number of benzene rings is 1. The molecule has 0 spiro atoms. The Bertz CT molecular complexity index is 723. The maximum Gasteiger partial charge on any atom is 0.188 e. The van der Waals surface area contributed by atoms with Gasteiger partial charge in [0.1, 0.15) is 17.1 Å². The molecule has 1 atom stereocenters. The van der Waals surface area contributed by atoms with Crippen molar-refractivity contribution in [2.75, 3.05) is 13.9 Å². The first kappa shape index (κ1) is 21.3. The monoisotopic (exact) mass is 370 g/mol. The largest absolute Gasteiger partial charge is 0.483 e. The first-order valence-electron chi connectivity index (χ1n) is 9.76. The summed E-state index contributed by atoms with van der Waals surface area (Å²) < 4.78 is 17.1. The molecular formula is C24H34O3. The van der Waals surface area contributed by atoms with Gasteiger partial charge >= 0.3 is 0 Å². The lowest BCUT2D eigenvalue weighted by Gasteiger charge is -2.32. The minimum absolute atomic E-state index is 0.234. The molecule has 0 aromatic heterocycles. The molecule has 0 fully saturated rings. The smallest absolute Gasteiger partial charge is 0.188 e. The summed E-state index contributed by atoms with van der Waals surface area (Å²) in [5.74, 6) is 1.69. The summed E-state index contributed by atoms with van der Waals surface area (Å²) in [7, 11) is 1.63. The van der Waals surface area contributed by atoms with Gasteiger partial charge in [-0.3, -0.25) is 0 Å². The lowest BCUT2D eigenvalue weighted by atomic mass is 9.93. The molecule has 2 rings (SSSR count). The molecule has 1 heterocycles. The Balaban J connectivity index is 2.00. The number of hydrogen-bond donors (Lipinski definition) is 0. The molecule has 0 radical (unpaired) electrons. The molecule has 3 nitrogen and oxygen atoms in total. The molecule has 0 saturated heterocycles. The van der Waals surface area contributed by atoms with E-state index in [2.05, 4.69) is 65.0 Å². The summed E-state index contributed by atoms with van der Waals surface area (Å²) >= 11 is 0. The predicted octanol–water partition coefficient (Wildman–Crippen LogP) is 6.61. The highest BCUT2D eigenvalue weighted by molar-refractivity contribution is 5.68. The Morgan fingerprint density at radius 3 is 2.63 bits per heavy atom. The molecule has 1 aliphatic rings. The normalized spacial score (nSPS) is 18.7. The lowest BCUT2D eigenvalue weighted by molar-refractivity contribution is 0.0501. The minimum atomic E-state index is -0.296. The van der Waals surface area contributed by atoms with Crippen LogP contribution in [0.15, 0.2) is 41.5 Å². The van der Waals surface area contributed by atoms with Gasteiger partial charge in [-0.15, -0.1) is 0 Å². The second kappa shape index (κ2) is 9.80. The maximum atomic E-state index is 6.37. The second-order valence-corrected chi connectivity index (χ2v) is 7.88. The van der Waals surface area contributed by atoms with Crippen LogP contribution < -0.4 is 9.47 Å². The van der Waals surface area contributed by atoms with Gasteiger partial charge in [0.15, 0.2) is 6.79 Å². The van der Waals surface area contributed by atoms with Crippen molar-refractivity contribution in [3.8, 4) is 11.5 Å². The van der Waals surface area contributed by atoms with Crippen LogP contribution in [0.3, 0.4) is 0 Å². The molecular weight excluding hydrogens is 336 g/mol. The van der Waals surface area contributed by atoms with Crippen LogP contribution in [0.1, 0.15) is 64.5 Å². The average molecular weight is 371 g/mol. The maximum absolute atomic E-state index is 6.37. The molecule has 1 aromatic carbocycles. The van der Waals surface area contributed by atoms with Crippen molar-refractivity contribution in [2.24, 2.45) is 0 Å². The topological polar surface area (TPSA) is 27.7 Å². The van der Waals surface area contributed by atoms with E-state index < -0.39 is 0 Å². The van der Waals surface area contributed by atoms with Crippen LogP contribution in [0.2, 0.25) is 0 Å². The molecule has 27 heavy (non-hydrogen) atoms. The molecule has 0 bridgehead atoms. The molecule has 0 N–H and O–H groups in total. The molecule has 1 aromatic rings. The highest BCUT2D eigenvalue weighted by Gasteiger charge is 2.28. The number of rotatable bonds is 9. The van der Waals surface area contributed by atoms with Crippen LogP contribution in [-0.4, -0.2) is 19.5 Å². The van der Waals surface area contributed by atoms with Gasteiger partial charge in [0, 0.05) is 7.11 Å². The van der Waals surface area contributed by atoms with Crippen LogP contribution in [0.25, 0.3) is 6.08 Å². The fraction of sp³-hybridized carbons (Fsp3) is 0.500. The highest BCUT2D eigenvalue weighted by Crippen LogP contribution is 2.39. The van der Waals surface area contributed by atoms with E-state index in [-0.39, 0.29) is 12.4 Å². The summed E-state index contributed by atoms with van der Waals surface area (Å²) in [6, 6.07) is 4.10. The van der Waals surface area contributed by atoms with Crippen LogP contribution in [-0.2, 0) is 4.74 Å². The van der Waals surface area contributed by atoms with Crippen LogP contribution in [0, 0.1) is 6.92 Å². The number of hydrogen-bond acceptors (Lipinski definition) is 3. The standard InChI is InChI=1S/C24H34O3/c1-18(2)9-7-10-19(3)11-8-13-24(5)14-12-21-22(26-17-25-6)15-20(4)16-23(21)27-24/h9,11-12,14-16H,7-8,10,13,17H2,1-6H3/b19-11+/t24-/m0/s1. The summed E-state index contributed by atoms with van der Waals surface area (Å²) in [6.07, 6.45) is 13.1. The first-order chi connectivity index (χ1) is 12.8. The SMILES string of the molecule is COCOc1cc(C)cc2c1C=C[C@](C)(CC/C=C(\C)CCC=C(C)C)O2. The van der Waals surface area contributed by atoms with E-state index in [0.717, 1.165) is 48.3 Å². The Morgan fingerprint density at radius 2 is 1.93 bits per heavy atom. The van der Waals surface area contributed by atoms with E-state index in [1.807, 2.05) is 6.07 Å². The Hall–Kier alpha value is -2.00. The van der Waals surface area contributed by atoms with Gasteiger partial charge in [-0.25, -0.2) is 0 Å². The van der Waals surface area contributed by atoms with Crippen molar-refractivity contribution in [3.05, 3.63) is 52.6 Å². The molecule has 0 amide bonds. The van der Waals surface area contributed by atoms with Gasteiger partial charge in [0.05, 0.1) is 5.56 Å². The van der Waals surface area contributed by atoms with Crippen LogP contribution in [0.5, 0.6) is 11.5 Å². The average Bonchev–Trinajstić information content (AvgIpc) is 2.58. The Morgan fingerprint density at radius 1 is 1.15 bits per heavy atom. The van der Waals surface area contributed by atoms with Gasteiger partial charge in [0.25, 0.3) is 0 Å². The third-order valence-electron chi connectivity index (χ3n) is 4.75. The second-order valence-electron chi connectivity index (χ2n) is 7.88. The minimum Gasteiger partial charge on any atom is -0.483 e. The van der Waals surface area contributed by atoms with Crippen LogP contribution >= 0.6 is 0 Å². The van der Waals surface area contributed by atoms with E-state index in [0.29, 0.717) is 0 Å². The van der Waals surface area contributed by atoms with Gasteiger partial charge in [0.2, 0.25) is 0 Å². The van der Waals surface area contributed by atoms with Gasteiger partial charge < -0.3 is 14.2 Å². The number of methoxy groups -OCH3 is 1. The zero-order valence-corrected chi connectivity index (χ0v) is 17.7. The number of allylic oxidation sites excluding steroid dienone is 4. The zero-order valence-electron chi connectivity index (χ0n) is 17.7. The summed E-state index contributed by atoms with van der Waals surface area (Å²) in [5.41, 5.74) is 4.65. The molecule has 0 saturated carbocycles. The van der Waals surface area contributed by atoms with Gasteiger partial charge in [-0.05, 0) is 90.2 Å². The Labute approximate surface area is 164 Å². The van der Waals surface area contributed by atoms with E-state index in [9.17, 15) is 0 Å². The fourth-order valence-electron chi connectivity index (χ4n) is 3.20. The van der Waals surface area contributed by atoms with Crippen molar-refractivity contribution in [1.29, 1.82) is 0 Å². The number of aryl methyl sites for hydroxylation is 1. The number of ether oxygens (including phenoxy) is 3. The molecule has 0 aliphatic carbocycles. The van der Waals surface area contributed by atoms with E-state index in [4.69, 9.17) is 14.2 Å². The summed E-state index contributed by atoms with van der Waals surface area (Å²) in [4.78, 5) is 0. The Kier molecular flexibility index (Phi) is 7.73.